The van der Waals surface area contributed by atoms with Crippen LogP contribution in [-0.2, 0) is 0 Å². The zero-order valence-electron chi connectivity index (χ0n) is 8.24. The SMILES string of the molecule is CCC(C)Oc1cncc(NC)n1. The second-order valence-corrected chi connectivity index (χ2v) is 2.83. The fourth-order valence-electron chi connectivity index (χ4n) is 0.815. The van der Waals surface area contributed by atoms with E-state index >= 15 is 0 Å². The van der Waals surface area contributed by atoms with Gasteiger partial charge in [0, 0.05) is 7.05 Å². The van der Waals surface area contributed by atoms with Crippen LogP contribution in [0.25, 0.3) is 0 Å². The first kappa shape index (κ1) is 9.77. The minimum Gasteiger partial charge on any atom is -0.474 e. The molecule has 1 atom stereocenters. The Bertz CT molecular complexity index is 265. The topological polar surface area (TPSA) is 47.0 Å². The lowest BCUT2D eigenvalue weighted by molar-refractivity contribution is 0.208. The average Bonchev–Trinajstić information content (AvgIpc) is 2.18. The van der Waals surface area contributed by atoms with Crippen molar-refractivity contribution in [2.24, 2.45) is 0 Å². The van der Waals surface area contributed by atoms with E-state index in [0.717, 1.165) is 12.2 Å². The molecule has 0 fully saturated rings. The molecule has 72 valence electrons. The maximum atomic E-state index is 5.49. The molecule has 13 heavy (non-hydrogen) atoms. The lowest BCUT2D eigenvalue weighted by atomic mass is 10.3. The Morgan fingerprint density at radius 3 is 2.92 bits per heavy atom. The van der Waals surface area contributed by atoms with Gasteiger partial charge in [-0.05, 0) is 13.3 Å². The number of anilines is 1. The molecule has 0 saturated carbocycles. The zero-order valence-corrected chi connectivity index (χ0v) is 8.24. The average molecular weight is 181 g/mol. The van der Waals surface area contributed by atoms with Crippen LogP contribution in [0.3, 0.4) is 0 Å². The van der Waals surface area contributed by atoms with E-state index in [2.05, 4.69) is 22.2 Å². The normalized spacial score (nSPS) is 12.2. The summed E-state index contributed by atoms with van der Waals surface area (Å²) in [6, 6.07) is 0. The quantitative estimate of drug-likeness (QED) is 0.768. The highest BCUT2D eigenvalue weighted by molar-refractivity contribution is 5.31. The first-order valence-corrected chi connectivity index (χ1v) is 4.42. The van der Waals surface area contributed by atoms with E-state index in [4.69, 9.17) is 4.74 Å². The highest BCUT2D eigenvalue weighted by Crippen LogP contribution is 2.10. The number of rotatable bonds is 4. The van der Waals surface area contributed by atoms with Gasteiger partial charge in [-0.2, -0.15) is 4.98 Å². The lowest BCUT2D eigenvalue weighted by Gasteiger charge is -2.11. The Morgan fingerprint density at radius 2 is 2.31 bits per heavy atom. The van der Waals surface area contributed by atoms with Gasteiger partial charge in [0.15, 0.2) is 0 Å². The van der Waals surface area contributed by atoms with Gasteiger partial charge in [-0.15, -0.1) is 0 Å². The molecule has 0 aliphatic carbocycles. The van der Waals surface area contributed by atoms with Gasteiger partial charge in [0.1, 0.15) is 5.82 Å². The number of nitrogens with zero attached hydrogens (tertiary/aromatic N) is 2. The number of hydrogen-bond donors (Lipinski definition) is 1. The Morgan fingerprint density at radius 1 is 1.54 bits per heavy atom. The molecule has 0 aromatic carbocycles. The van der Waals surface area contributed by atoms with Crippen LogP contribution in [0.4, 0.5) is 5.82 Å². The van der Waals surface area contributed by atoms with Gasteiger partial charge in [-0.25, -0.2) is 0 Å². The summed E-state index contributed by atoms with van der Waals surface area (Å²) in [6.45, 7) is 4.08. The van der Waals surface area contributed by atoms with Gasteiger partial charge >= 0.3 is 0 Å². The molecule has 1 N–H and O–H groups in total. The monoisotopic (exact) mass is 181 g/mol. The Kier molecular flexibility index (Phi) is 3.49. The molecule has 0 bridgehead atoms. The van der Waals surface area contributed by atoms with E-state index < -0.39 is 0 Å². The van der Waals surface area contributed by atoms with Crippen molar-refractivity contribution in [1.82, 2.24) is 9.97 Å². The molecule has 1 unspecified atom stereocenters. The standard InChI is InChI=1S/C9H15N3O/c1-4-7(2)13-9-6-11-5-8(10-3)12-9/h5-7H,4H2,1-3H3,(H,10,12). The van der Waals surface area contributed by atoms with Gasteiger partial charge in [0.25, 0.3) is 0 Å². The number of aromatic nitrogens is 2. The van der Waals surface area contributed by atoms with Gasteiger partial charge in [-0.3, -0.25) is 4.98 Å². The van der Waals surface area contributed by atoms with Crippen molar-refractivity contribution in [3.8, 4) is 5.88 Å². The van der Waals surface area contributed by atoms with Crippen LogP contribution in [0.1, 0.15) is 20.3 Å². The molecular formula is C9H15N3O. The highest BCUT2D eigenvalue weighted by Gasteiger charge is 2.02. The maximum absolute atomic E-state index is 5.49. The van der Waals surface area contributed by atoms with E-state index in [9.17, 15) is 0 Å². The molecule has 0 spiro atoms. The third-order valence-corrected chi connectivity index (χ3v) is 1.77. The van der Waals surface area contributed by atoms with Crippen LogP contribution in [0.15, 0.2) is 12.4 Å². The molecule has 4 nitrogen and oxygen atoms in total. The van der Waals surface area contributed by atoms with Crippen LogP contribution in [0, 0.1) is 0 Å². The first-order chi connectivity index (χ1) is 6.26. The summed E-state index contributed by atoms with van der Waals surface area (Å²) >= 11 is 0. The predicted molar refractivity (Wildman–Crippen MR) is 52.0 cm³/mol. The largest absolute Gasteiger partial charge is 0.474 e. The fourth-order valence-corrected chi connectivity index (χ4v) is 0.815. The van der Waals surface area contributed by atoms with Crippen molar-refractivity contribution in [3.63, 3.8) is 0 Å². The highest BCUT2D eigenvalue weighted by atomic mass is 16.5. The molecule has 0 saturated heterocycles. The summed E-state index contributed by atoms with van der Waals surface area (Å²) in [7, 11) is 1.80. The Labute approximate surface area is 78.4 Å². The van der Waals surface area contributed by atoms with E-state index in [1.54, 1.807) is 19.4 Å². The molecule has 0 aliphatic heterocycles. The maximum Gasteiger partial charge on any atom is 0.234 e. The molecule has 1 aromatic rings. The van der Waals surface area contributed by atoms with Crippen LogP contribution in [0.5, 0.6) is 5.88 Å². The molecule has 0 amide bonds. The van der Waals surface area contributed by atoms with Crippen molar-refractivity contribution in [2.75, 3.05) is 12.4 Å². The molecule has 1 aromatic heterocycles. The Hall–Kier alpha value is -1.32. The van der Waals surface area contributed by atoms with Gasteiger partial charge in [0.05, 0.1) is 18.5 Å². The summed E-state index contributed by atoms with van der Waals surface area (Å²) in [4.78, 5) is 8.18. The van der Waals surface area contributed by atoms with E-state index in [1.165, 1.54) is 0 Å². The molecular weight excluding hydrogens is 166 g/mol. The van der Waals surface area contributed by atoms with Crippen molar-refractivity contribution >= 4 is 5.82 Å². The summed E-state index contributed by atoms with van der Waals surface area (Å²) < 4.78 is 5.49. The summed E-state index contributed by atoms with van der Waals surface area (Å²) in [5.41, 5.74) is 0. The third-order valence-electron chi connectivity index (χ3n) is 1.77. The summed E-state index contributed by atoms with van der Waals surface area (Å²) in [5.74, 6) is 1.29. The van der Waals surface area contributed by atoms with Crippen molar-refractivity contribution in [1.29, 1.82) is 0 Å². The summed E-state index contributed by atoms with van der Waals surface area (Å²) in [6.07, 6.45) is 4.42. The second kappa shape index (κ2) is 4.64. The van der Waals surface area contributed by atoms with Crippen molar-refractivity contribution < 1.29 is 4.74 Å². The smallest absolute Gasteiger partial charge is 0.234 e. The third kappa shape index (κ3) is 2.89. The van der Waals surface area contributed by atoms with Gasteiger partial charge in [0.2, 0.25) is 5.88 Å². The molecule has 4 heteroatoms. The molecule has 0 radical (unpaired) electrons. The van der Waals surface area contributed by atoms with Crippen LogP contribution < -0.4 is 10.1 Å². The fraction of sp³-hybridized carbons (Fsp3) is 0.556. The molecule has 0 aliphatic rings. The van der Waals surface area contributed by atoms with E-state index in [0.29, 0.717) is 5.88 Å². The van der Waals surface area contributed by atoms with Gasteiger partial charge in [-0.1, -0.05) is 6.92 Å². The van der Waals surface area contributed by atoms with Crippen LogP contribution in [0.2, 0.25) is 0 Å². The van der Waals surface area contributed by atoms with Crippen molar-refractivity contribution in [3.05, 3.63) is 12.4 Å². The number of nitrogens with one attached hydrogen (secondary N) is 1. The van der Waals surface area contributed by atoms with Crippen LogP contribution in [-0.4, -0.2) is 23.1 Å². The predicted octanol–water partition coefficient (Wildman–Crippen LogP) is 1.70. The minimum atomic E-state index is 0.182. The Balaban J connectivity index is 2.66. The van der Waals surface area contributed by atoms with Crippen molar-refractivity contribution in [2.45, 2.75) is 26.4 Å². The number of hydrogen-bond acceptors (Lipinski definition) is 4. The van der Waals surface area contributed by atoms with E-state index in [1.807, 2.05) is 6.92 Å². The summed E-state index contributed by atoms with van der Waals surface area (Å²) in [5, 5.41) is 2.90. The molecule has 1 heterocycles. The lowest BCUT2D eigenvalue weighted by Crippen LogP contribution is -2.11. The molecule has 1 rings (SSSR count). The van der Waals surface area contributed by atoms with E-state index in [-0.39, 0.29) is 6.10 Å². The minimum absolute atomic E-state index is 0.182. The second-order valence-electron chi connectivity index (χ2n) is 2.83. The van der Waals surface area contributed by atoms with Gasteiger partial charge < -0.3 is 10.1 Å². The first-order valence-electron chi connectivity index (χ1n) is 4.42. The zero-order chi connectivity index (χ0) is 9.68. The number of ether oxygens (including phenoxy) is 1. The van der Waals surface area contributed by atoms with Crippen LogP contribution >= 0.6 is 0 Å².